The first-order valence-corrected chi connectivity index (χ1v) is 9.74. The van der Waals surface area contributed by atoms with Crippen molar-refractivity contribution in [2.24, 2.45) is 0 Å². The average molecular weight is 378 g/mol. The van der Waals surface area contributed by atoms with Crippen LogP contribution in [-0.4, -0.2) is 43.7 Å². The molecule has 0 aliphatic heterocycles. The monoisotopic (exact) mass is 378 g/mol. The summed E-state index contributed by atoms with van der Waals surface area (Å²) in [5.74, 6) is -0.794. The lowest BCUT2D eigenvalue weighted by Crippen LogP contribution is -2.41. The number of halogens is 1. The van der Waals surface area contributed by atoms with Gasteiger partial charge in [0.25, 0.3) is 0 Å². The first-order valence-electron chi connectivity index (χ1n) is 8.30. The molecule has 0 bridgehead atoms. The number of carbonyl (C=O) groups excluding carboxylic acids is 1. The molecule has 0 aliphatic rings. The summed E-state index contributed by atoms with van der Waals surface area (Å²) in [5.41, 5.74) is 1.33. The van der Waals surface area contributed by atoms with Crippen molar-refractivity contribution in [3.63, 3.8) is 0 Å². The zero-order valence-corrected chi connectivity index (χ0v) is 16.0. The molecule has 0 spiro atoms. The van der Waals surface area contributed by atoms with E-state index in [1.54, 1.807) is 37.3 Å². The second kappa shape index (κ2) is 8.42. The van der Waals surface area contributed by atoms with Gasteiger partial charge >= 0.3 is 0 Å². The normalized spacial score (nSPS) is 11.6. The summed E-state index contributed by atoms with van der Waals surface area (Å²) >= 11 is 0. The zero-order chi connectivity index (χ0) is 19.3. The average Bonchev–Trinajstić information content (AvgIpc) is 2.61. The van der Waals surface area contributed by atoms with Crippen LogP contribution in [0.15, 0.2) is 53.4 Å². The lowest BCUT2D eigenvalue weighted by atomic mass is 10.2. The number of amides is 1. The van der Waals surface area contributed by atoms with Gasteiger partial charge in [0.05, 0.1) is 11.4 Å². The minimum absolute atomic E-state index is 0.0770. The highest BCUT2D eigenvalue weighted by atomic mass is 32.2. The van der Waals surface area contributed by atoms with Gasteiger partial charge in [-0.25, -0.2) is 12.8 Å². The smallest absolute Gasteiger partial charge is 0.243 e. The van der Waals surface area contributed by atoms with E-state index in [1.807, 2.05) is 6.92 Å². The van der Waals surface area contributed by atoms with Crippen molar-refractivity contribution in [1.82, 2.24) is 9.21 Å². The van der Waals surface area contributed by atoms with E-state index < -0.39 is 21.7 Å². The second-order valence-electron chi connectivity index (χ2n) is 6.09. The fourth-order valence-electron chi connectivity index (χ4n) is 2.47. The van der Waals surface area contributed by atoms with Gasteiger partial charge in [-0.3, -0.25) is 4.79 Å². The Hall–Kier alpha value is -2.25. The SMILES string of the molecule is CCN(CC(=O)N(C)Cc1ccccc1F)S(=O)(=O)c1ccc(C)cc1. The highest BCUT2D eigenvalue weighted by molar-refractivity contribution is 7.89. The van der Waals surface area contributed by atoms with Crippen LogP contribution in [0.4, 0.5) is 4.39 Å². The summed E-state index contributed by atoms with van der Waals surface area (Å²) in [4.78, 5) is 13.9. The van der Waals surface area contributed by atoms with Crippen LogP contribution < -0.4 is 0 Å². The molecule has 0 saturated carbocycles. The number of aryl methyl sites for hydroxylation is 1. The molecule has 0 fully saturated rings. The zero-order valence-electron chi connectivity index (χ0n) is 15.1. The molecule has 2 aromatic rings. The molecule has 2 rings (SSSR count). The summed E-state index contributed by atoms with van der Waals surface area (Å²) in [6.07, 6.45) is 0. The molecule has 0 N–H and O–H groups in total. The third kappa shape index (κ3) is 4.68. The van der Waals surface area contributed by atoms with Crippen molar-refractivity contribution < 1.29 is 17.6 Å². The summed E-state index contributed by atoms with van der Waals surface area (Å²) in [6, 6.07) is 12.7. The maximum Gasteiger partial charge on any atom is 0.243 e. The Morgan fingerprint density at radius 2 is 1.69 bits per heavy atom. The largest absolute Gasteiger partial charge is 0.340 e. The Bertz CT molecular complexity index is 867. The van der Waals surface area contributed by atoms with Gasteiger partial charge in [-0.2, -0.15) is 4.31 Å². The third-order valence-electron chi connectivity index (χ3n) is 4.11. The van der Waals surface area contributed by atoms with E-state index in [4.69, 9.17) is 0 Å². The first kappa shape index (κ1) is 20.1. The van der Waals surface area contributed by atoms with E-state index in [-0.39, 0.29) is 24.5 Å². The van der Waals surface area contributed by atoms with Crippen molar-refractivity contribution in [3.8, 4) is 0 Å². The van der Waals surface area contributed by atoms with E-state index in [0.29, 0.717) is 5.56 Å². The molecule has 0 heterocycles. The molecule has 1 amide bonds. The van der Waals surface area contributed by atoms with E-state index in [1.165, 1.54) is 30.1 Å². The number of hydrogen-bond donors (Lipinski definition) is 0. The molecule has 140 valence electrons. The van der Waals surface area contributed by atoms with Crippen molar-refractivity contribution in [1.29, 1.82) is 0 Å². The second-order valence-corrected chi connectivity index (χ2v) is 8.02. The first-order chi connectivity index (χ1) is 12.3. The van der Waals surface area contributed by atoms with Crippen LogP contribution in [0.25, 0.3) is 0 Å². The van der Waals surface area contributed by atoms with Crippen LogP contribution in [0, 0.1) is 12.7 Å². The predicted molar refractivity (Wildman–Crippen MR) is 98.5 cm³/mol. The fourth-order valence-corrected chi connectivity index (χ4v) is 3.87. The van der Waals surface area contributed by atoms with Gasteiger partial charge in [0, 0.05) is 25.7 Å². The predicted octanol–water partition coefficient (Wildman–Crippen LogP) is 2.80. The van der Waals surface area contributed by atoms with Gasteiger partial charge in [0.1, 0.15) is 5.82 Å². The van der Waals surface area contributed by atoms with E-state index in [9.17, 15) is 17.6 Å². The summed E-state index contributed by atoms with van der Waals surface area (Å²) in [6.45, 7) is 3.49. The number of hydrogen-bond acceptors (Lipinski definition) is 3. The summed E-state index contributed by atoms with van der Waals surface area (Å²) in [7, 11) is -2.24. The lowest BCUT2D eigenvalue weighted by Gasteiger charge is -2.24. The van der Waals surface area contributed by atoms with Gasteiger partial charge in [-0.15, -0.1) is 0 Å². The topological polar surface area (TPSA) is 57.7 Å². The van der Waals surface area contributed by atoms with Gasteiger partial charge in [-0.05, 0) is 25.1 Å². The standard InChI is InChI=1S/C19H23FN2O3S/c1-4-22(26(24,25)17-11-9-15(2)10-12-17)14-19(23)21(3)13-16-7-5-6-8-18(16)20/h5-12H,4,13-14H2,1-3H3. The fraction of sp³-hybridized carbons (Fsp3) is 0.316. The number of likely N-dealkylation sites (N-methyl/N-ethyl adjacent to an activating group) is 2. The number of sulfonamides is 1. The Morgan fingerprint density at radius 3 is 2.27 bits per heavy atom. The molecule has 0 saturated heterocycles. The molecule has 26 heavy (non-hydrogen) atoms. The molecule has 5 nitrogen and oxygen atoms in total. The van der Waals surface area contributed by atoms with Gasteiger partial charge in [0.15, 0.2) is 0 Å². The number of nitrogens with zero attached hydrogens (tertiary/aromatic N) is 2. The Kier molecular flexibility index (Phi) is 6.50. The van der Waals surface area contributed by atoms with Crippen LogP contribution in [0.1, 0.15) is 18.1 Å². The van der Waals surface area contributed by atoms with Gasteiger partial charge in [0.2, 0.25) is 15.9 Å². The van der Waals surface area contributed by atoms with Gasteiger partial charge < -0.3 is 4.90 Å². The van der Waals surface area contributed by atoms with Crippen LogP contribution in [0.3, 0.4) is 0 Å². The Balaban J connectivity index is 2.12. The number of rotatable bonds is 7. The number of carbonyl (C=O) groups is 1. The van der Waals surface area contributed by atoms with Crippen LogP contribution in [0.2, 0.25) is 0 Å². The van der Waals surface area contributed by atoms with E-state index in [2.05, 4.69) is 0 Å². The summed E-state index contributed by atoms with van der Waals surface area (Å²) in [5, 5.41) is 0. The Morgan fingerprint density at radius 1 is 1.08 bits per heavy atom. The minimum Gasteiger partial charge on any atom is -0.340 e. The number of benzene rings is 2. The van der Waals surface area contributed by atoms with Crippen molar-refractivity contribution in [2.45, 2.75) is 25.3 Å². The lowest BCUT2D eigenvalue weighted by molar-refractivity contribution is -0.130. The maximum absolute atomic E-state index is 13.7. The maximum atomic E-state index is 13.7. The molecule has 7 heteroatoms. The van der Waals surface area contributed by atoms with Gasteiger partial charge in [-0.1, -0.05) is 42.8 Å². The molecule has 2 aromatic carbocycles. The van der Waals surface area contributed by atoms with Crippen LogP contribution in [0.5, 0.6) is 0 Å². The van der Waals surface area contributed by atoms with Crippen molar-refractivity contribution in [3.05, 3.63) is 65.5 Å². The van der Waals surface area contributed by atoms with Crippen molar-refractivity contribution in [2.75, 3.05) is 20.1 Å². The van der Waals surface area contributed by atoms with E-state index >= 15 is 0 Å². The molecular formula is C19H23FN2O3S. The van der Waals surface area contributed by atoms with E-state index in [0.717, 1.165) is 9.87 Å². The van der Waals surface area contributed by atoms with Crippen molar-refractivity contribution >= 4 is 15.9 Å². The highest BCUT2D eigenvalue weighted by Gasteiger charge is 2.26. The molecular weight excluding hydrogens is 355 g/mol. The Labute approximate surface area is 154 Å². The molecule has 0 radical (unpaired) electrons. The highest BCUT2D eigenvalue weighted by Crippen LogP contribution is 2.17. The molecule has 0 aromatic heterocycles. The molecule has 0 atom stereocenters. The van der Waals surface area contributed by atoms with Crippen LogP contribution >= 0.6 is 0 Å². The third-order valence-corrected chi connectivity index (χ3v) is 6.05. The summed E-state index contributed by atoms with van der Waals surface area (Å²) < 4.78 is 40.3. The minimum atomic E-state index is -3.77. The molecule has 0 aliphatic carbocycles. The van der Waals surface area contributed by atoms with Crippen LogP contribution in [-0.2, 0) is 21.4 Å². The quantitative estimate of drug-likeness (QED) is 0.744. The molecule has 0 unspecified atom stereocenters.